The second kappa shape index (κ2) is 5.80. The number of benzene rings is 1. The molecule has 2 rings (SSSR count). The predicted octanol–water partition coefficient (Wildman–Crippen LogP) is 4.06. The van der Waals surface area contributed by atoms with E-state index < -0.39 is 0 Å². The van der Waals surface area contributed by atoms with Gasteiger partial charge in [0.05, 0.1) is 5.69 Å². The van der Waals surface area contributed by atoms with Crippen LogP contribution in [0.2, 0.25) is 5.02 Å². The molecule has 1 amide bonds. The lowest BCUT2D eigenvalue weighted by Crippen LogP contribution is -2.33. The standard InChI is InChI=1S/C14H17ClN2OS/c1-3-9(4-2)17-14(18)13-12(16)10-7-8(15)5-6-11(10)19-13/h5-7,9H,3-4,16H2,1-2H3,(H,17,18). The Labute approximate surface area is 121 Å². The van der Waals surface area contributed by atoms with Gasteiger partial charge < -0.3 is 11.1 Å². The third-order valence-corrected chi connectivity index (χ3v) is 4.64. The number of carbonyl (C=O) groups is 1. The monoisotopic (exact) mass is 296 g/mol. The molecule has 3 N–H and O–H groups in total. The minimum Gasteiger partial charge on any atom is -0.397 e. The van der Waals surface area contributed by atoms with Crippen molar-refractivity contribution in [2.24, 2.45) is 0 Å². The molecular weight excluding hydrogens is 280 g/mol. The maximum atomic E-state index is 12.2. The van der Waals surface area contributed by atoms with Crippen LogP contribution in [0.1, 0.15) is 36.4 Å². The molecule has 3 nitrogen and oxygen atoms in total. The highest BCUT2D eigenvalue weighted by atomic mass is 35.5. The van der Waals surface area contributed by atoms with Gasteiger partial charge in [0, 0.05) is 21.2 Å². The number of hydrogen-bond acceptors (Lipinski definition) is 3. The topological polar surface area (TPSA) is 55.1 Å². The third-order valence-electron chi connectivity index (χ3n) is 3.22. The highest BCUT2D eigenvalue weighted by molar-refractivity contribution is 7.21. The fraction of sp³-hybridized carbons (Fsp3) is 0.357. The van der Waals surface area contributed by atoms with E-state index >= 15 is 0 Å². The van der Waals surface area contributed by atoms with Crippen molar-refractivity contribution >= 4 is 44.6 Å². The van der Waals surface area contributed by atoms with Crippen molar-refractivity contribution in [3.63, 3.8) is 0 Å². The number of nitrogen functional groups attached to an aromatic ring is 1. The van der Waals surface area contributed by atoms with Gasteiger partial charge in [-0.1, -0.05) is 25.4 Å². The SMILES string of the molecule is CCC(CC)NC(=O)c1sc2ccc(Cl)cc2c1N. The zero-order chi connectivity index (χ0) is 14.0. The number of fused-ring (bicyclic) bond motifs is 1. The molecule has 5 heteroatoms. The molecule has 102 valence electrons. The number of hydrogen-bond donors (Lipinski definition) is 2. The molecule has 0 aliphatic rings. The van der Waals surface area contributed by atoms with E-state index in [-0.39, 0.29) is 11.9 Å². The summed E-state index contributed by atoms with van der Waals surface area (Å²) in [5.41, 5.74) is 6.58. The van der Waals surface area contributed by atoms with Crippen LogP contribution >= 0.6 is 22.9 Å². The maximum absolute atomic E-state index is 12.2. The molecule has 19 heavy (non-hydrogen) atoms. The summed E-state index contributed by atoms with van der Waals surface area (Å²) in [6, 6.07) is 5.70. The van der Waals surface area contributed by atoms with Crippen molar-refractivity contribution in [2.75, 3.05) is 5.73 Å². The highest BCUT2D eigenvalue weighted by Crippen LogP contribution is 2.35. The average molecular weight is 297 g/mol. The van der Waals surface area contributed by atoms with Crippen molar-refractivity contribution in [3.8, 4) is 0 Å². The normalized spacial score (nSPS) is 11.2. The smallest absolute Gasteiger partial charge is 0.263 e. The quantitative estimate of drug-likeness (QED) is 0.894. The van der Waals surface area contributed by atoms with Crippen LogP contribution in [0.15, 0.2) is 18.2 Å². The van der Waals surface area contributed by atoms with Gasteiger partial charge in [-0.2, -0.15) is 0 Å². The number of anilines is 1. The minimum atomic E-state index is -0.0940. The van der Waals surface area contributed by atoms with Crippen molar-refractivity contribution in [3.05, 3.63) is 28.1 Å². The van der Waals surface area contributed by atoms with E-state index in [0.29, 0.717) is 15.6 Å². The summed E-state index contributed by atoms with van der Waals surface area (Å²) < 4.78 is 0.983. The molecule has 1 aromatic heterocycles. The van der Waals surface area contributed by atoms with E-state index in [0.717, 1.165) is 22.9 Å². The summed E-state index contributed by atoms with van der Waals surface area (Å²) in [5.74, 6) is -0.0940. The first kappa shape index (κ1) is 14.2. The predicted molar refractivity (Wildman–Crippen MR) is 83.1 cm³/mol. The molecule has 0 spiro atoms. The van der Waals surface area contributed by atoms with E-state index in [2.05, 4.69) is 19.2 Å². The van der Waals surface area contributed by atoms with Gasteiger partial charge in [0.1, 0.15) is 4.88 Å². The molecule has 1 aromatic carbocycles. The van der Waals surface area contributed by atoms with E-state index in [4.69, 9.17) is 17.3 Å². The van der Waals surface area contributed by atoms with Crippen LogP contribution in [0.5, 0.6) is 0 Å². The van der Waals surface area contributed by atoms with Gasteiger partial charge >= 0.3 is 0 Å². The first-order valence-corrected chi connectivity index (χ1v) is 7.54. The number of nitrogens with one attached hydrogen (secondary N) is 1. The molecule has 0 saturated heterocycles. The van der Waals surface area contributed by atoms with Crippen LogP contribution in [0, 0.1) is 0 Å². The lowest BCUT2D eigenvalue weighted by Gasteiger charge is -2.14. The zero-order valence-corrected chi connectivity index (χ0v) is 12.6. The molecule has 0 saturated carbocycles. The second-order valence-corrected chi connectivity index (χ2v) is 5.96. The molecule has 0 bridgehead atoms. The highest BCUT2D eigenvalue weighted by Gasteiger charge is 2.18. The number of thiophene rings is 1. The summed E-state index contributed by atoms with van der Waals surface area (Å²) >= 11 is 7.37. The number of rotatable bonds is 4. The number of nitrogens with two attached hydrogens (primary N) is 1. The average Bonchev–Trinajstić information content (AvgIpc) is 2.73. The fourth-order valence-electron chi connectivity index (χ4n) is 2.00. The first-order chi connectivity index (χ1) is 9.06. The van der Waals surface area contributed by atoms with Crippen LogP contribution in [0.25, 0.3) is 10.1 Å². The fourth-order valence-corrected chi connectivity index (χ4v) is 3.18. The minimum absolute atomic E-state index is 0.0940. The molecule has 0 aliphatic heterocycles. The summed E-state index contributed by atoms with van der Waals surface area (Å²) in [6.45, 7) is 4.12. The largest absolute Gasteiger partial charge is 0.397 e. The van der Waals surface area contributed by atoms with Crippen LogP contribution in [0.3, 0.4) is 0 Å². The van der Waals surface area contributed by atoms with Gasteiger partial charge in [0.25, 0.3) is 5.91 Å². The lowest BCUT2D eigenvalue weighted by atomic mass is 10.1. The molecule has 0 unspecified atom stereocenters. The van der Waals surface area contributed by atoms with E-state index in [1.54, 1.807) is 6.07 Å². The molecule has 2 aromatic rings. The van der Waals surface area contributed by atoms with Gasteiger partial charge in [-0.15, -0.1) is 11.3 Å². The van der Waals surface area contributed by atoms with Crippen molar-refractivity contribution in [1.29, 1.82) is 0 Å². The number of halogens is 1. The Morgan fingerprint density at radius 3 is 2.74 bits per heavy atom. The van der Waals surface area contributed by atoms with E-state index in [1.165, 1.54) is 11.3 Å². The Morgan fingerprint density at radius 1 is 1.42 bits per heavy atom. The Bertz CT molecular complexity index is 605. The van der Waals surface area contributed by atoms with Crippen LogP contribution in [0.4, 0.5) is 5.69 Å². The van der Waals surface area contributed by atoms with Crippen LogP contribution in [-0.4, -0.2) is 11.9 Å². The Hall–Kier alpha value is -1.26. The Kier molecular flexibility index (Phi) is 4.32. The Morgan fingerprint density at radius 2 is 2.11 bits per heavy atom. The Balaban J connectivity index is 2.35. The molecule has 1 heterocycles. The molecule has 0 atom stereocenters. The zero-order valence-electron chi connectivity index (χ0n) is 11.0. The van der Waals surface area contributed by atoms with Gasteiger partial charge in [0.15, 0.2) is 0 Å². The van der Waals surface area contributed by atoms with Crippen LogP contribution in [-0.2, 0) is 0 Å². The van der Waals surface area contributed by atoms with Gasteiger partial charge in [0.2, 0.25) is 0 Å². The summed E-state index contributed by atoms with van der Waals surface area (Å²) in [4.78, 5) is 12.8. The van der Waals surface area contributed by atoms with Crippen molar-refractivity contribution in [1.82, 2.24) is 5.32 Å². The van der Waals surface area contributed by atoms with E-state index in [1.807, 2.05) is 12.1 Å². The summed E-state index contributed by atoms with van der Waals surface area (Å²) in [5, 5.41) is 4.49. The maximum Gasteiger partial charge on any atom is 0.263 e. The second-order valence-electron chi connectivity index (χ2n) is 4.47. The lowest BCUT2D eigenvalue weighted by molar-refractivity contribution is 0.0940. The first-order valence-electron chi connectivity index (χ1n) is 6.35. The summed E-state index contributed by atoms with van der Waals surface area (Å²) in [7, 11) is 0. The van der Waals surface area contributed by atoms with Crippen LogP contribution < -0.4 is 11.1 Å². The van der Waals surface area contributed by atoms with Gasteiger partial charge in [-0.3, -0.25) is 4.79 Å². The molecular formula is C14H17ClN2OS. The van der Waals surface area contributed by atoms with Crippen molar-refractivity contribution in [2.45, 2.75) is 32.7 Å². The van der Waals surface area contributed by atoms with Crippen molar-refractivity contribution < 1.29 is 4.79 Å². The molecule has 0 aliphatic carbocycles. The molecule has 0 radical (unpaired) electrons. The van der Waals surface area contributed by atoms with Gasteiger partial charge in [-0.05, 0) is 31.0 Å². The van der Waals surface area contributed by atoms with Gasteiger partial charge in [-0.25, -0.2) is 0 Å². The number of carbonyl (C=O) groups excluding carboxylic acids is 1. The third kappa shape index (κ3) is 2.85. The molecule has 0 fully saturated rings. The van der Waals surface area contributed by atoms with E-state index in [9.17, 15) is 4.79 Å². The number of amides is 1. The summed E-state index contributed by atoms with van der Waals surface area (Å²) in [6.07, 6.45) is 1.83.